The Morgan fingerprint density at radius 2 is 2.07 bits per heavy atom. The van der Waals surface area contributed by atoms with Gasteiger partial charge in [0, 0.05) is 11.8 Å². The van der Waals surface area contributed by atoms with Gasteiger partial charge in [-0.25, -0.2) is 9.21 Å². The van der Waals surface area contributed by atoms with Crippen LogP contribution in [0.15, 0.2) is 0 Å². The van der Waals surface area contributed by atoms with Crippen molar-refractivity contribution in [2.75, 3.05) is 5.75 Å². The zero-order valence-corrected chi connectivity index (χ0v) is 9.65. The van der Waals surface area contributed by atoms with Gasteiger partial charge in [0.2, 0.25) is 0 Å². The average Bonchev–Trinajstić information content (AvgIpc) is 2.11. The highest BCUT2D eigenvalue weighted by Crippen LogP contribution is 2.40. The maximum Gasteiger partial charge on any atom is 0.425 e. The quantitative estimate of drug-likeness (QED) is 0.534. The van der Waals surface area contributed by atoms with Crippen molar-refractivity contribution in [3.63, 3.8) is 0 Å². The molecule has 0 aliphatic carbocycles. The number of amides is 1. The highest BCUT2D eigenvalue weighted by molar-refractivity contribution is 7.79. The number of rotatable bonds is 2. The highest BCUT2D eigenvalue weighted by atomic mass is 35.5. The Kier molecular flexibility index (Phi) is 2.82. The predicted octanol–water partition coefficient (Wildman–Crippen LogP) is 1.01. The van der Waals surface area contributed by atoms with Gasteiger partial charge in [0.1, 0.15) is 5.60 Å². The van der Waals surface area contributed by atoms with Crippen LogP contribution in [0.5, 0.6) is 0 Å². The first-order valence-electron chi connectivity index (χ1n) is 3.95. The molecule has 0 saturated carbocycles. The van der Waals surface area contributed by atoms with Gasteiger partial charge < -0.3 is 9.29 Å². The normalized spacial score (nSPS) is 32.9. The van der Waals surface area contributed by atoms with E-state index in [1.165, 1.54) is 0 Å². The Balaban J connectivity index is 3.00. The van der Waals surface area contributed by atoms with Crippen LogP contribution < -0.4 is 0 Å². The van der Waals surface area contributed by atoms with E-state index in [1.807, 2.05) is 0 Å². The molecule has 1 rings (SSSR count). The zero-order valence-electron chi connectivity index (χ0n) is 8.07. The number of hydrogen-bond donors (Lipinski definition) is 0. The third-order valence-corrected chi connectivity index (χ3v) is 4.00. The summed E-state index contributed by atoms with van der Waals surface area (Å²) < 4.78 is 27.1. The Labute approximate surface area is 89.8 Å². The largest absolute Gasteiger partial charge is 0.772 e. The van der Waals surface area contributed by atoms with Crippen molar-refractivity contribution < 1.29 is 18.3 Å². The molecule has 0 radical (unpaired) electrons. The first-order chi connectivity index (χ1) is 6.21. The van der Waals surface area contributed by atoms with E-state index in [2.05, 4.69) is 0 Å². The molecule has 1 aliphatic rings. The van der Waals surface area contributed by atoms with Crippen LogP contribution in [-0.4, -0.2) is 36.2 Å². The van der Waals surface area contributed by atoms with Gasteiger partial charge in [-0.2, -0.15) is 0 Å². The smallest absolute Gasteiger partial charge is 0.425 e. The predicted molar refractivity (Wildman–Crippen MR) is 50.4 cm³/mol. The molecule has 0 aromatic heterocycles. The summed E-state index contributed by atoms with van der Waals surface area (Å²) in [7, 11) is 0. The minimum absolute atomic E-state index is 0.269. The van der Waals surface area contributed by atoms with Crippen LogP contribution in [0.25, 0.3) is 0 Å². The summed E-state index contributed by atoms with van der Waals surface area (Å²) in [6, 6.07) is 0. The van der Waals surface area contributed by atoms with E-state index in [-0.39, 0.29) is 5.75 Å². The van der Waals surface area contributed by atoms with Crippen LogP contribution in [0, 0.1) is 0 Å². The number of carbonyl (C=O) groups is 1. The molecule has 0 aromatic rings. The number of halogens is 1. The molecule has 14 heavy (non-hydrogen) atoms. The fourth-order valence-corrected chi connectivity index (χ4v) is 2.30. The zero-order chi connectivity index (χ0) is 11.1. The van der Waals surface area contributed by atoms with Crippen molar-refractivity contribution in [1.82, 2.24) is 4.42 Å². The molecule has 82 valence electrons. The molecule has 0 spiro atoms. The van der Waals surface area contributed by atoms with Crippen molar-refractivity contribution in [2.45, 2.75) is 31.9 Å². The molecule has 1 aliphatic heterocycles. The van der Waals surface area contributed by atoms with E-state index >= 15 is 0 Å². The van der Waals surface area contributed by atoms with Gasteiger partial charge in [-0.3, -0.25) is 4.21 Å². The molecule has 0 aromatic carbocycles. The second kappa shape index (κ2) is 3.36. The summed E-state index contributed by atoms with van der Waals surface area (Å²) in [6.45, 7) is 4.85. The number of ether oxygens (including phenoxy) is 1. The summed E-state index contributed by atoms with van der Waals surface area (Å²) in [4.78, 5) is 11.2. The molecule has 1 heterocycles. The summed E-state index contributed by atoms with van der Waals surface area (Å²) >= 11 is 3.40. The van der Waals surface area contributed by atoms with Crippen LogP contribution in [-0.2, 0) is 15.8 Å². The molecule has 5 nitrogen and oxygen atoms in total. The highest BCUT2D eigenvalue weighted by Gasteiger charge is 2.57. The SMILES string of the molecule is CC1(CS(=O)[O-])OC(=O)N(Cl)C1(C)C. The van der Waals surface area contributed by atoms with E-state index < -0.39 is 28.3 Å². The van der Waals surface area contributed by atoms with Gasteiger partial charge in [0.25, 0.3) is 0 Å². The van der Waals surface area contributed by atoms with Crippen LogP contribution in [0.1, 0.15) is 20.8 Å². The lowest BCUT2D eigenvalue weighted by molar-refractivity contribution is 0.0433. The lowest BCUT2D eigenvalue weighted by Gasteiger charge is -2.36. The van der Waals surface area contributed by atoms with Crippen LogP contribution in [0.2, 0.25) is 0 Å². The van der Waals surface area contributed by atoms with Crippen LogP contribution in [0.3, 0.4) is 0 Å². The van der Waals surface area contributed by atoms with Gasteiger partial charge in [0.15, 0.2) is 0 Å². The average molecular weight is 241 g/mol. The van der Waals surface area contributed by atoms with Crippen molar-refractivity contribution >= 4 is 29.0 Å². The van der Waals surface area contributed by atoms with Crippen molar-refractivity contribution in [3.8, 4) is 0 Å². The maximum absolute atomic E-state index is 11.2. The topological polar surface area (TPSA) is 69.7 Å². The molecule has 1 amide bonds. The second-order valence-corrected chi connectivity index (χ2v) is 5.12. The minimum atomic E-state index is -2.28. The third kappa shape index (κ3) is 1.62. The fraction of sp³-hybridized carbons (Fsp3) is 0.857. The van der Waals surface area contributed by atoms with Gasteiger partial charge in [-0.05, 0) is 20.8 Å². The van der Waals surface area contributed by atoms with Gasteiger partial charge in [-0.1, -0.05) is 11.1 Å². The number of nitrogens with zero attached hydrogens (tertiary/aromatic N) is 1. The lowest BCUT2D eigenvalue weighted by atomic mass is 9.87. The first kappa shape index (κ1) is 11.7. The van der Waals surface area contributed by atoms with Gasteiger partial charge >= 0.3 is 6.09 Å². The van der Waals surface area contributed by atoms with Crippen molar-refractivity contribution in [1.29, 1.82) is 0 Å². The molecule has 1 fully saturated rings. The van der Waals surface area contributed by atoms with E-state index in [9.17, 15) is 13.6 Å². The molecule has 0 N–H and O–H groups in total. The second-order valence-electron chi connectivity index (χ2n) is 3.89. The van der Waals surface area contributed by atoms with Crippen LogP contribution in [0.4, 0.5) is 4.79 Å². The van der Waals surface area contributed by atoms with Gasteiger partial charge in [-0.15, -0.1) is 0 Å². The Morgan fingerprint density at radius 3 is 2.36 bits per heavy atom. The summed E-state index contributed by atoms with van der Waals surface area (Å²) in [5.74, 6) is -0.269. The fourth-order valence-electron chi connectivity index (χ4n) is 1.22. The monoisotopic (exact) mass is 240 g/mol. The van der Waals surface area contributed by atoms with Gasteiger partial charge in [0.05, 0.1) is 11.3 Å². The third-order valence-electron chi connectivity index (χ3n) is 2.65. The van der Waals surface area contributed by atoms with Crippen molar-refractivity contribution in [2.24, 2.45) is 0 Å². The molecule has 7 heteroatoms. The summed E-state index contributed by atoms with van der Waals surface area (Å²) in [6.07, 6.45) is -0.718. The molecular weight excluding hydrogens is 230 g/mol. The molecule has 2 atom stereocenters. The number of hydrogen-bond acceptors (Lipinski definition) is 4. The minimum Gasteiger partial charge on any atom is -0.772 e. The molecular formula is C7H11ClNO4S-. The van der Waals surface area contributed by atoms with Crippen LogP contribution >= 0.6 is 11.8 Å². The standard InChI is InChI=1S/C7H12ClNO4S/c1-6(2)7(3,4-14(11)12)13-5(10)9(6)8/h4H2,1-3H3,(H,11,12)/p-1. The summed E-state index contributed by atoms with van der Waals surface area (Å²) in [5, 5.41) is 0. The van der Waals surface area contributed by atoms with E-state index in [1.54, 1.807) is 20.8 Å². The Bertz CT molecular complexity index is 291. The van der Waals surface area contributed by atoms with E-state index in [4.69, 9.17) is 16.5 Å². The first-order valence-corrected chi connectivity index (χ1v) is 5.54. The molecule has 1 saturated heterocycles. The maximum atomic E-state index is 11.2. The number of carbonyl (C=O) groups excluding carboxylic acids is 1. The Morgan fingerprint density at radius 1 is 1.57 bits per heavy atom. The molecule has 0 bridgehead atoms. The molecule has 2 unspecified atom stereocenters. The van der Waals surface area contributed by atoms with E-state index in [0.717, 1.165) is 4.42 Å². The summed E-state index contributed by atoms with van der Waals surface area (Å²) in [5.41, 5.74) is -1.97. The lowest BCUT2D eigenvalue weighted by Crippen LogP contribution is -2.52. The van der Waals surface area contributed by atoms with Crippen molar-refractivity contribution in [3.05, 3.63) is 0 Å². The van der Waals surface area contributed by atoms with E-state index in [0.29, 0.717) is 0 Å². The number of cyclic esters (lactones) is 1. The Hall–Kier alpha value is -0.330.